The van der Waals surface area contributed by atoms with Gasteiger partial charge in [-0.25, -0.2) is 4.84 Å². The predicted octanol–water partition coefficient (Wildman–Crippen LogP) is 1.17. The zero-order valence-corrected chi connectivity index (χ0v) is 15.9. The molecule has 0 radical (unpaired) electrons. The van der Waals surface area contributed by atoms with Crippen LogP contribution in [0.15, 0.2) is 30.5 Å². The summed E-state index contributed by atoms with van der Waals surface area (Å²) in [5.74, 6) is 0.358. The van der Waals surface area contributed by atoms with Crippen molar-refractivity contribution >= 4 is 16.8 Å². The molecule has 1 aromatic heterocycles. The quantitative estimate of drug-likeness (QED) is 0.310. The number of benzene rings is 1. The lowest BCUT2D eigenvalue weighted by molar-refractivity contribution is -0.493. The van der Waals surface area contributed by atoms with Crippen molar-refractivity contribution in [3.63, 3.8) is 0 Å². The average molecular weight is 397 g/mol. The molecule has 10 nitrogen and oxygen atoms in total. The second-order valence-corrected chi connectivity index (χ2v) is 6.44. The Morgan fingerprint density at radius 1 is 1.21 bits per heavy atom. The van der Waals surface area contributed by atoms with Crippen molar-refractivity contribution < 1.29 is 34.6 Å². The minimum Gasteiger partial charge on any atom is -0.490 e. The molecule has 1 unspecified atom stereocenters. The van der Waals surface area contributed by atoms with Gasteiger partial charge in [0.25, 0.3) is 0 Å². The fraction of sp³-hybridized carbons (Fsp3) is 0.500. The van der Waals surface area contributed by atoms with E-state index in [0.29, 0.717) is 5.75 Å². The van der Waals surface area contributed by atoms with Crippen LogP contribution in [0.3, 0.4) is 0 Å². The number of carbonyl (C=O) groups excluding carboxylic acids is 1. The van der Waals surface area contributed by atoms with Crippen LogP contribution in [0, 0.1) is 0 Å². The summed E-state index contributed by atoms with van der Waals surface area (Å²) in [5.41, 5.74) is 0.942. The molecule has 1 amide bonds. The predicted molar refractivity (Wildman–Crippen MR) is 98.8 cm³/mol. The number of nitrogens with one attached hydrogen (secondary N) is 1. The average Bonchev–Trinajstić information content (AvgIpc) is 3.12. The molecule has 2 aromatic rings. The topological polar surface area (TPSA) is 128 Å². The summed E-state index contributed by atoms with van der Waals surface area (Å²) in [4.78, 5) is 21.2. The maximum atomic E-state index is 12.3. The third kappa shape index (κ3) is 6.75. The number of hydrogen-bond donors (Lipinski definition) is 4. The molecule has 0 saturated heterocycles. The van der Waals surface area contributed by atoms with Gasteiger partial charge in [-0.2, -0.15) is 0 Å². The zero-order chi connectivity index (χ0) is 20.5. The first-order chi connectivity index (χ1) is 13.4. The number of aromatic nitrogens is 1. The number of aromatic amines is 1. The number of aliphatic hydroxyl groups is 1. The zero-order valence-electron chi connectivity index (χ0n) is 15.9. The Bertz CT molecular complexity index is 735. The number of nitrogens with zero attached hydrogens (tertiary/aromatic N) is 2. The summed E-state index contributed by atoms with van der Waals surface area (Å²) in [5, 5.41) is 27.6. The van der Waals surface area contributed by atoms with E-state index in [1.165, 1.54) is 4.90 Å². The van der Waals surface area contributed by atoms with E-state index in [4.69, 9.17) is 19.9 Å². The molecule has 4 N–H and O–H groups in total. The fourth-order valence-electron chi connectivity index (χ4n) is 2.67. The van der Waals surface area contributed by atoms with Gasteiger partial charge in [0.15, 0.2) is 0 Å². The number of rotatable bonds is 12. The minimum atomic E-state index is -0.874. The first-order valence-electron chi connectivity index (χ1n) is 8.93. The number of hydrogen-bond acceptors (Lipinski definition) is 8. The molecule has 0 saturated carbocycles. The summed E-state index contributed by atoms with van der Waals surface area (Å²) < 4.78 is 10.9. The summed E-state index contributed by atoms with van der Waals surface area (Å²) in [7, 11) is 0. The number of carbonyl (C=O) groups is 1. The highest BCUT2D eigenvalue weighted by atomic mass is 17.1. The van der Waals surface area contributed by atoms with E-state index < -0.39 is 11.5 Å². The first-order valence-corrected chi connectivity index (χ1v) is 8.93. The molecule has 0 bridgehead atoms. The Kier molecular flexibility index (Phi) is 8.64. The lowest BCUT2D eigenvalue weighted by Gasteiger charge is -2.29. The van der Waals surface area contributed by atoms with Gasteiger partial charge in [-0.3, -0.25) is 15.2 Å². The number of ether oxygens (including phenoxy) is 2. The van der Waals surface area contributed by atoms with Crippen LogP contribution in [0.5, 0.6) is 5.75 Å². The third-order valence-corrected chi connectivity index (χ3v) is 4.00. The fourth-order valence-corrected chi connectivity index (χ4v) is 2.67. The maximum absolute atomic E-state index is 12.3. The second-order valence-electron chi connectivity index (χ2n) is 6.44. The first kappa shape index (κ1) is 22.1. The Labute approximate surface area is 162 Å². The Hall–Kier alpha value is -2.21. The third-order valence-electron chi connectivity index (χ3n) is 4.00. The van der Waals surface area contributed by atoms with Crippen molar-refractivity contribution in [3.05, 3.63) is 30.5 Å². The van der Waals surface area contributed by atoms with Gasteiger partial charge in [0.2, 0.25) is 5.91 Å². The second kappa shape index (κ2) is 11.0. The van der Waals surface area contributed by atoms with Crippen LogP contribution in [-0.2, 0) is 14.4 Å². The Morgan fingerprint density at radius 3 is 2.71 bits per heavy atom. The molecule has 0 fully saturated rings. The summed E-state index contributed by atoms with van der Waals surface area (Å²) in [6.07, 6.45) is 0.942. The van der Waals surface area contributed by atoms with Gasteiger partial charge in [-0.1, -0.05) is 6.07 Å². The minimum absolute atomic E-state index is 0.00162. The summed E-state index contributed by atoms with van der Waals surface area (Å²) >= 11 is 0. The van der Waals surface area contributed by atoms with Gasteiger partial charge in [-0.15, -0.1) is 0 Å². The van der Waals surface area contributed by atoms with E-state index in [1.807, 2.05) is 44.3 Å². The van der Waals surface area contributed by atoms with Crippen LogP contribution in [-0.4, -0.2) is 81.8 Å². The van der Waals surface area contributed by atoms with Crippen molar-refractivity contribution in [2.45, 2.75) is 26.0 Å². The SMILES string of the molecule is CC(C)N(CC(O)COc1cccc2[nH]ccc12)C(=O)COCCON(O)O. The molecule has 1 heterocycles. The molecule has 0 spiro atoms. The molecule has 10 heteroatoms. The van der Waals surface area contributed by atoms with Gasteiger partial charge < -0.3 is 24.5 Å². The van der Waals surface area contributed by atoms with Crippen LogP contribution in [0.4, 0.5) is 0 Å². The molecule has 156 valence electrons. The molecule has 28 heavy (non-hydrogen) atoms. The van der Waals surface area contributed by atoms with Gasteiger partial charge in [0.05, 0.1) is 25.1 Å². The molecular formula is C18H27N3O7. The highest BCUT2D eigenvalue weighted by Gasteiger charge is 2.21. The van der Waals surface area contributed by atoms with Crippen LogP contribution < -0.4 is 4.74 Å². The van der Waals surface area contributed by atoms with Crippen molar-refractivity contribution in [2.75, 3.05) is 33.0 Å². The van der Waals surface area contributed by atoms with Gasteiger partial charge in [0.1, 0.15) is 25.1 Å². The van der Waals surface area contributed by atoms with Crippen molar-refractivity contribution in [1.29, 1.82) is 0 Å². The van der Waals surface area contributed by atoms with Crippen LogP contribution in [0.1, 0.15) is 13.8 Å². The van der Waals surface area contributed by atoms with E-state index in [2.05, 4.69) is 9.82 Å². The Morgan fingerprint density at radius 2 is 2.00 bits per heavy atom. The van der Waals surface area contributed by atoms with E-state index >= 15 is 0 Å². The molecular weight excluding hydrogens is 370 g/mol. The molecule has 0 aliphatic carbocycles. The largest absolute Gasteiger partial charge is 0.490 e. The van der Waals surface area contributed by atoms with Gasteiger partial charge in [-0.05, 0) is 32.0 Å². The molecule has 1 aromatic carbocycles. The molecule has 0 aliphatic rings. The monoisotopic (exact) mass is 397 g/mol. The van der Waals surface area contributed by atoms with E-state index in [0.717, 1.165) is 10.9 Å². The summed E-state index contributed by atoms with van der Waals surface area (Å²) in [6, 6.07) is 7.37. The molecule has 0 aliphatic heterocycles. The Balaban J connectivity index is 1.80. The van der Waals surface area contributed by atoms with Gasteiger partial charge in [0, 0.05) is 23.1 Å². The molecule has 2 rings (SSSR count). The lowest BCUT2D eigenvalue weighted by atomic mass is 10.2. The van der Waals surface area contributed by atoms with E-state index in [9.17, 15) is 9.90 Å². The highest BCUT2D eigenvalue weighted by Crippen LogP contribution is 2.24. The van der Waals surface area contributed by atoms with Crippen molar-refractivity contribution in [1.82, 2.24) is 15.3 Å². The number of amides is 1. The van der Waals surface area contributed by atoms with Crippen LogP contribution in [0.2, 0.25) is 0 Å². The number of aliphatic hydroxyl groups excluding tert-OH is 1. The van der Waals surface area contributed by atoms with E-state index in [-0.39, 0.29) is 44.9 Å². The van der Waals surface area contributed by atoms with Crippen LogP contribution >= 0.6 is 0 Å². The lowest BCUT2D eigenvalue weighted by Crippen LogP contribution is -2.45. The van der Waals surface area contributed by atoms with E-state index in [1.54, 1.807) is 0 Å². The normalized spacial score (nSPS) is 12.7. The standard InChI is InChI=1S/C18H27N3O7/c1-13(2)20(18(23)12-26-8-9-28-21(24)25)10-14(22)11-27-17-5-3-4-16-15(17)6-7-19-16/h3-7,13-14,19,22,24-25H,8-12H2,1-2H3. The van der Waals surface area contributed by atoms with Crippen LogP contribution in [0.25, 0.3) is 10.9 Å². The number of H-pyrrole nitrogens is 1. The maximum Gasteiger partial charge on any atom is 0.248 e. The summed E-state index contributed by atoms with van der Waals surface area (Å²) in [6.45, 7) is 3.48. The highest BCUT2D eigenvalue weighted by molar-refractivity contribution is 5.85. The van der Waals surface area contributed by atoms with Gasteiger partial charge >= 0.3 is 0 Å². The number of fused-ring (bicyclic) bond motifs is 1. The van der Waals surface area contributed by atoms with Crippen molar-refractivity contribution in [3.8, 4) is 5.75 Å². The van der Waals surface area contributed by atoms with Crippen molar-refractivity contribution in [2.24, 2.45) is 0 Å². The smallest absolute Gasteiger partial charge is 0.248 e. The molecule has 1 atom stereocenters.